The number of nitrogens with one attached hydrogen (secondary N) is 2. The molecule has 4 N–H and O–H groups in total. The third kappa shape index (κ3) is 3.83. The first-order chi connectivity index (χ1) is 12.1. The van der Waals surface area contributed by atoms with Crippen LogP contribution in [0.4, 0.5) is 17.3 Å². The predicted octanol–water partition coefficient (Wildman–Crippen LogP) is 2.00. The van der Waals surface area contributed by atoms with Crippen molar-refractivity contribution in [3.8, 4) is 22.8 Å². The van der Waals surface area contributed by atoms with E-state index in [1.165, 1.54) is 12.1 Å². The van der Waals surface area contributed by atoms with Crippen molar-refractivity contribution < 1.29 is 20.3 Å². The number of methoxy groups -OCH3 is 1. The van der Waals surface area contributed by atoms with Crippen molar-refractivity contribution in [3.05, 3.63) is 59.9 Å². The van der Waals surface area contributed by atoms with Gasteiger partial charge in [0.05, 0.1) is 12.8 Å². The van der Waals surface area contributed by atoms with Crippen molar-refractivity contribution in [2.75, 3.05) is 12.4 Å². The number of quaternary nitrogens is 1. The Kier molecular flexibility index (Phi) is 4.75. The number of rotatable bonds is 5. The molecule has 0 saturated heterocycles. The molecule has 0 spiro atoms. The summed E-state index contributed by atoms with van der Waals surface area (Å²) in [5.74, 6) is 0.765. The number of aromatic hydroxyl groups is 1. The van der Waals surface area contributed by atoms with Gasteiger partial charge >= 0.3 is 0 Å². The molecule has 0 aliphatic carbocycles. The summed E-state index contributed by atoms with van der Waals surface area (Å²) in [6, 6.07) is 13.3. The highest BCUT2D eigenvalue weighted by molar-refractivity contribution is 5.67. The summed E-state index contributed by atoms with van der Waals surface area (Å²) >= 11 is 0. The molecule has 8 nitrogen and oxygen atoms in total. The van der Waals surface area contributed by atoms with E-state index >= 15 is 0 Å². The van der Waals surface area contributed by atoms with Crippen molar-refractivity contribution in [2.45, 2.75) is 0 Å². The van der Waals surface area contributed by atoms with Crippen molar-refractivity contribution in [2.24, 2.45) is 0 Å². The molecule has 0 aliphatic rings. The molecule has 1 unspecified atom stereocenters. The number of hydrogen-bond acceptors (Lipinski definition) is 7. The summed E-state index contributed by atoms with van der Waals surface area (Å²) < 4.78 is 5.17. The number of aromatic nitrogens is 2. The number of benzene rings is 2. The van der Waals surface area contributed by atoms with Crippen LogP contribution in [-0.4, -0.2) is 27.4 Å². The predicted molar refractivity (Wildman–Crippen MR) is 91.2 cm³/mol. The Morgan fingerprint density at radius 1 is 1.16 bits per heavy atom. The van der Waals surface area contributed by atoms with Crippen LogP contribution in [0, 0.1) is 5.21 Å². The lowest BCUT2D eigenvalue weighted by Crippen LogP contribution is -2.99. The second-order valence-electron chi connectivity index (χ2n) is 5.16. The molecule has 25 heavy (non-hydrogen) atoms. The smallest absolute Gasteiger partial charge is 0.227 e. The van der Waals surface area contributed by atoms with Gasteiger partial charge in [0.15, 0.2) is 5.75 Å². The summed E-state index contributed by atoms with van der Waals surface area (Å²) in [6.45, 7) is 0. The molecule has 0 bridgehead atoms. The summed E-state index contributed by atoms with van der Waals surface area (Å²) in [7, 11) is 1.58. The van der Waals surface area contributed by atoms with Crippen molar-refractivity contribution in [1.29, 1.82) is 0 Å². The number of anilines is 2. The maximum absolute atomic E-state index is 11.2. The quantitative estimate of drug-likeness (QED) is 0.415. The van der Waals surface area contributed by atoms with Crippen LogP contribution in [0.1, 0.15) is 0 Å². The minimum absolute atomic E-state index is 0.182. The van der Waals surface area contributed by atoms with Gasteiger partial charge in [-0.25, -0.2) is 15.2 Å². The van der Waals surface area contributed by atoms with Gasteiger partial charge < -0.3 is 20.4 Å². The van der Waals surface area contributed by atoms with Gasteiger partial charge in [0, 0.05) is 29.6 Å². The van der Waals surface area contributed by atoms with Crippen LogP contribution in [0.5, 0.6) is 11.5 Å². The van der Waals surface area contributed by atoms with Gasteiger partial charge in [-0.1, -0.05) is 6.07 Å². The normalized spacial score (nSPS) is 11.8. The van der Waals surface area contributed by atoms with Gasteiger partial charge in [-0.15, -0.1) is 0 Å². The molecule has 0 radical (unpaired) electrons. The van der Waals surface area contributed by atoms with Gasteiger partial charge in [-0.3, -0.25) is 0 Å². The molecule has 1 atom stereocenters. The molecule has 3 aromatic rings. The van der Waals surface area contributed by atoms with Crippen molar-refractivity contribution in [1.82, 2.24) is 9.97 Å². The van der Waals surface area contributed by atoms with Crippen LogP contribution in [-0.2, 0) is 0 Å². The highest BCUT2D eigenvalue weighted by Crippen LogP contribution is 2.27. The molecule has 0 amide bonds. The Morgan fingerprint density at radius 3 is 2.76 bits per heavy atom. The fraction of sp³-hybridized carbons (Fsp3) is 0.0588. The summed E-state index contributed by atoms with van der Waals surface area (Å²) in [5.41, 5.74) is 1.67. The van der Waals surface area contributed by atoms with Gasteiger partial charge in [0.1, 0.15) is 5.75 Å². The molecule has 0 aliphatic heterocycles. The lowest BCUT2D eigenvalue weighted by molar-refractivity contribution is -0.991. The number of phenolic OH excluding ortho intramolecular Hbond substituents is 1. The monoisotopic (exact) mass is 340 g/mol. The Balaban J connectivity index is 1.90. The highest BCUT2D eigenvalue weighted by atomic mass is 16.8. The zero-order valence-corrected chi connectivity index (χ0v) is 13.3. The average Bonchev–Trinajstić information content (AvgIpc) is 2.62. The zero-order chi connectivity index (χ0) is 17.8. The van der Waals surface area contributed by atoms with E-state index in [9.17, 15) is 10.3 Å². The minimum Gasteiger partial charge on any atom is -0.595 e. The number of nitrogens with zero attached hydrogens (tertiary/aromatic N) is 2. The molecular weight excluding hydrogens is 324 g/mol. The van der Waals surface area contributed by atoms with Crippen LogP contribution in [0.25, 0.3) is 11.3 Å². The van der Waals surface area contributed by atoms with Crippen molar-refractivity contribution >= 4 is 17.3 Å². The Morgan fingerprint density at radius 2 is 2.00 bits per heavy atom. The Bertz CT molecular complexity index is 886. The van der Waals surface area contributed by atoms with Crippen LogP contribution in [0.2, 0.25) is 0 Å². The van der Waals surface area contributed by atoms with E-state index in [0.717, 1.165) is 5.69 Å². The fourth-order valence-electron chi connectivity index (χ4n) is 2.28. The van der Waals surface area contributed by atoms with Crippen LogP contribution >= 0.6 is 0 Å². The second-order valence-corrected chi connectivity index (χ2v) is 5.16. The van der Waals surface area contributed by atoms with Gasteiger partial charge in [0.2, 0.25) is 11.6 Å². The van der Waals surface area contributed by atoms with Crippen molar-refractivity contribution in [3.63, 3.8) is 0 Å². The van der Waals surface area contributed by atoms with E-state index in [2.05, 4.69) is 15.3 Å². The topological polar surface area (TPSA) is 115 Å². The molecule has 1 heterocycles. The first-order valence-electron chi connectivity index (χ1n) is 7.37. The van der Waals surface area contributed by atoms with E-state index in [1.807, 2.05) is 18.2 Å². The maximum Gasteiger partial charge on any atom is 0.227 e. The summed E-state index contributed by atoms with van der Waals surface area (Å²) in [5, 5.41) is 31.8. The van der Waals surface area contributed by atoms with Gasteiger partial charge in [-0.05, 0) is 30.3 Å². The van der Waals surface area contributed by atoms with E-state index in [4.69, 9.17) is 9.94 Å². The minimum atomic E-state index is -1.21. The molecule has 0 saturated carbocycles. The SMILES string of the molecule is COc1cccc(Nc2nccc(-c3ccc(O)c([NH+]([O-])O)c3)n2)c1. The molecular formula is C17H16N4O4. The van der Waals surface area contributed by atoms with E-state index in [0.29, 0.717) is 23.0 Å². The number of hydrogen-bond donors (Lipinski definition) is 4. The third-order valence-electron chi connectivity index (χ3n) is 3.50. The van der Waals surface area contributed by atoms with E-state index < -0.39 is 5.23 Å². The standard InChI is InChI=1S/C17H16N4O4/c1-25-13-4-2-3-12(10-13)19-17-18-8-7-14(20-17)11-5-6-16(22)15(9-11)21(23)24/h2-10,21-23H,1H3,(H,18,19,20). The van der Waals surface area contributed by atoms with E-state index in [-0.39, 0.29) is 11.4 Å². The zero-order valence-electron chi connectivity index (χ0n) is 13.3. The lowest BCUT2D eigenvalue weighted by atomic mass is 10.1. The Hall–Kier alpha value is -3.20. The van der Waals surface area contributed by atoms with E-state index in [1.54, 1.807) is 31.5 Å². The van der Waals surface area contributed by atoms with Crippen LogP contribution in [0.15, 0.2) is 54.7 Å². The summed E-state index contributed by atoms with van der Waals surface area (Å²) in [4.78, 5) is 8.55. The molecule has 128 valence electrons. The first-order valence-corrected chi connectivity index (χ1v) is 7.37. The first kappa shape index (κ1) is 16.7. The number of phenols is 1. The molecule has 1 aromatic heterocycles. The highest BCUT2D eigenvalue weighted by Gasteiger charge is 2.11. The lowest BCUT2D eigenvalue weighted by Gasteiger charge is -2.14. The second kappa shape index (κ2) is 7.14. The Labute approximate surface area is 143 Å². The van der Waals surface area contributed by atoms with Crippen LogP contribution in [0.3, 0.4) is 0 Å². The van der Waals surface area contributed by atoms with Gasteiger partial charge in [-0.2, -0.15) is 5.23 Å². The summed E-state index contributed by atoms with van der Waals surface area (Å²) in [6.07, 6.45) is 1.57. The number of ether oxygens (including phenoxy) is 1. The molecule has 0 fully saturated rings. The molecule has 8 heteroatoms. The van der Waals surface area contributed by atoms with Crippen LogP contribution < -0.4 is 15.3 Å². The maximum atomic E-state index is 11.2. The fourth-order valence-corrected chi connectivity index (χ4v) is 2.28. The molecule has 3 rings (SSSR count). The third-order valence-corrected chi connectivity index (χ3v) is 3.50. The average molecular weight is 340 g/mol. The van der Waals surface area contributed by atoms with Gasteiger partial charge in [0.25, 0.3) is 0 Å². The largest absolute Gasteiger partial charge is 0.595 e. The molecule has 2 aromatic carbocycles.